The number of nitrogens with zero attached hydrogens (tertiary/aromatic N) is 2. The molecule has 0 spiro atoms. The van der Waals surface area contributed by atoms with Crippen LogP contribution in [0, 0.1) is 19.8 Å². The maximum absolute atomic E-state index is 13.3. The van der Waals surface area contributed by atoms with E-state index in [0.717, 1.165) is 27.3 Å². The lowest BCUT2D eigenvalue weighted by Crippen LogP contribution is -2.38. The Bertz CT molecular complexity index is 1010. The molecule has 0 saturated heterocycles. The molecule has 0 saturated carbocycles. The highest BCUT2D eigenvalue weighted by atomic mass is 35.5. The molecule has 0 atom stereocenters. The monoisotopic (exact) mass is 471 g/mol. The second kappa shape index (κ2) is 11.8. The number of aryl methyl sites for hydroxylation is 2. The summed E-state index contributed by atoms with van der Waals surface area (Å²) in [5.74, 6) is 6.50. The molecule has 7 heteroatoms. The average Bonchev–Trinajstić information content (AvgIpc) is 2.75. The van der Waals surface area contributed by atoms with Crippen molar-refractivity contribution in [3.8, 4) is 5.75 Å². The third-order valence-electron chi connectivity index (χ3n) is 4.58. The van der Waals surface area contributed by atoms with Crippen LogP contribution in [-0.2, 0) is 0 Å². The molecule has 2 aromatic carbocycles. The van der Waals surface area contributed by atoms with Gasteiger partial charge in [-0.1, -0.05) is 56.8 Å². The van der Waals surface area contributed by atoms with E-state index in [4.69, 9.17) is 22.2 Å². The summed E-state index contributed by atoms with van der Waals surface area (Å²) in [7, 11) is 0. The molecule has 32 heavy (non-hydrogen) atoms. The zero-order valence-electron chi connectivity index (χ0n) is 19.0. The van der Waals surface area contributed by atoms with Crippen molar-refractivity contribution in [3.63, 3.8) is 0 Å². The van der Waals surface area contributed by atoms with E-state index in [1.807, 2.05) is 39.8 Å². The minimum Gasteiger partial charge on any atom is -0.489 e. The van der Waals surface area contributed by atoms with Gasteiger partial charge in [0.25, 0.3) is 5.91 Å². The van der Waals surface area contributed by atoms with Gasteiger partial charge < -0.3 is 10.6 Å². The van der Waals surface area contributed by atoms with E-state index in [1.165, 1.54) is 11.8 Å². The molecule has 2 rings (SSSR count). The van der Waals surface area contributed by atoms with Crippen LogP contribution >= 0.6 is 23.4 Å². The molecule has 0 fully saturated rings. The number of ether oxygens (including phenoxy) is 1. The van der Waals surface area contributed by atoms with E-state index in [9.17, 15) is 4.79 Å². The number of rotatable bonds is 8. The predicted octanol–water partition coefficient (Wildman–Crippen LogP) is 6.25. The van der Waals surface area contributed by atoms with Crippen molar-refractivity contribution in [2.45, 2.75) is 27.7 Å². The Morgan fingerprint density at radius 2 is 1.91 bits per heavy atom. The highest BCUT2D eigenvalue weighted by molar-refractivity contribution is 8.21. The molecule has 2 aromatic rings. The number of thioether (sulfide) groups is 1. The Morgan fingerprint density at radius 1 is 1.28 bits per heavy atom. The average molecular weight is 472 g/mol. The largest absolute Gasteiger partial charge is 0.489 e. The maximum Gasteiger partial charge on any atom is 0.261 e. The Balaban J connectivity index is 2.33. The Labute approximate surface area is 200 Å². The molecule has 0 aliphatic carbocycles. The van der Waals surface area contributed by atoms with Crippen LogP contribution in [0.15, 0.2) is 60.7 Å². The number of nitrogens with two attached hydrogens (primary N) is 1. The fourth-order valence-corrected chi connectivity index (χ4v) is 4.19. The van der Waals surface area contributed by atoms with Gasteiger partial charge in [0.2, 0.25) is 0 Å². The van der Waals surface area contributed by atoms with Gasteiger partial charge in [0.1, 0.15) is 12.4 Å². The van der Waals surface area contributed by atoms with Crippen LogP contribution in [0.1, 0.15) is 40.9 Å². The van der Waals surface area contributed by atoms with Crippen LogP contribution < -0.4 is 10.6 Å². The van der Waals surface area contributed by atoms with Gasteiger partial charge in [-0.2, -0.15) is 5.10 Å². The fourth-order valence-electron chi connectivity index (χ4n) is 3.19. The second-order valence-corrected chi connectivity index (χ2v) is 9.23. The van der Waals surface area contributed by atoms with Crippen molar-refractivity contribution < 1.29 is 9.53 Å². The van der Waals surface area contributed by atoms with Crippen LogP contribution in [0.25, 0.3) is 4.91 Å². The number of carbonyl (C=O) groups is 1. The quantitative estimate of drug-likeness (QED) is 0.162. The number of amidine groups is 1. The molecule has 0 aliphatic rings. The Morgan fingerprint density at radius 3 is 2.44 bits per heavy atom. The minimum atomic E-state index is -0.255. The van der Waals surface area contributed by atoms with Gasteiger partial charge in [0.05, 0.1) is 10.6 Å². The van der Waals surface area contributed by atoms with E-state index in [1.54, 1.807) is 35.2 Å². The molecular formula is C25H30ClN3O2S. The molecule has 0 heterocycles. The number of hydrogen-bond donors (Lipinski definition) is 1. The zero-order valence-corrected chi connectivity index (χ0v) is 20.6. The minimum absolute atomic E-state index is 0.192. The van der Waals surface area contributed by atoms with Gasteiger partial charge in [0, 0.05) is 11.4 Å². The van der Waals surface area contributed by atoms with E-state index in [-0.39, 0.29) is 11.8 Å². The molecule has 2 N–H and O–H groups in total. The summed E-state index contributed by atoms with van der Waals surface area (Å²) in [6, 6.07) is 10.9. The first-order valence-corrected chi connectivity index (χ1v) is 11.4. The number of carbonyl (C=O) groups excluding carboxylic acids is 1. The third kappa shape index (κ3) is 6.40. The van der Waals surface area contributed by atoms with Crippen LogP contribution in [-0.4, -0.2) is 29.1 Å². The SMILES string of the molecule is C=CCOc1c(C)cc(C(=C)S/C(=N\N)N(CC(C)C)C(=O)c2ccccc2Cl)cc1C. The van der Waals surface area contributed by atoms with Crippen LogP contribution in [0.3, 0.4) is 0 Å². The van der Waals surface area contributed by atoms with Gasteiger partial charge in [-0.05, 0) is 72.5 Å². The first-order valence-electron chi connectivity index (χ1n) is 10.3. The topological polar surface area (TPSA) is 67.9 Å². The summed E-state index contributed by atoms with van der Waals surface area (Å²) in [6.07, 6.45) is 1.71. The number of amides is 1. The van der Waals surface area contributed by atoms with Gasteiger partial charge in [0.15, 0.2) is 5.17 Å². The first kappa shape index (κ1) is 25.6. The number of hydrazone groups is 1. The van der Waals surface area contributed by atoms with E-state index in [0.29, 0.717) is 28.9 Å². The molecule has 0 bridgehead atoms. The zero-order chi connectivity index (χ0) is 23.8. The van der Waals surface area contributed by atoms with Crippen molar-refractivity contribution in [1.82, 2.24) is 4.90 Å². The Hall–Kier alpha value is -2.70. The highest BCUT2D eigenvalue weighted by Gasteiger charge is 2.25. The lowest BCUT2D eigenvalue weighted by atomic mass is 10.1. The molecule has 1 amide bonds. The van der Waals surface area contributed by atoms with E-state index >= 15 is 0 Å². The van der Waals surface area contributed by atoms with Gasteiger partial charge in [-0.25, -0.2) is 0 Å². The number of hydrogen-bond acceptors (Lipinski definition) is 5. The summed E-state index contributed by atoms with van der Waals surface area (Å²) in [6.45, 7) is 16.8. The molecule has 0 unspecified atom stereocenters. The summed E-state index contributed by atoms with van der Waals surface area (Å²) in [4.78, 5) is 15.6. The lowest BCUT2D eigenvalue weighted by Gasteiger charge is -2.26. The smallest absolute Gasteiger partial charge is 0.261 e. The highest BCUT2D eigenvalue weighted by Crippen LogP contribution is 2.34. The third-order valence-corrected chi connectivity index (χ3v) is 5.90. The van der Waals surface area contributed by atoms with Crippen molar-refractivity contribution in [3.05, 3.63) is 82.9 Å². The second-order valence-electron chi connectivity index (χ2n) is 7.77. The predicted molar refractivity (Wildman–Crippen MR) is 137 cm³/mol. The van der Waals surface area contributed by atoms with Crippen molar-refractivity contribution in [2.24, 2.45) is 16.9 Å². The summed E-state index contributed by atoms with van der Waals surface area (Å²) >= 11 is 7.53. The van der Waals surface area contributed by atoms with Crippen molar-refractivity contribution >= 4 is 39.3 Å². The molecule has 0 aromatic heterocycles. The summed E-state index contributed by atoms with van der Waals surface area (Å²) in [5.41, 5.74) is 3.28. The molecule has 0 radical (unpaired) electrons. The number of halogens is 1. The molecule has 0 aliphatic heterocycles. The van der Waals surface area contributed by atoms with Crippen LogP contribution in [0.2, 0.25) is 5.02 Å². The first-order chi connectivity index (χ1) is 15.2. The van der Waals surface area contributed by atoms with E-state index < -0.39 is 0 Å². The molecular weight excluding hydrogens is 442 g/mol. The standard InChI is InChI=1S/C25H30ClN3O2S/c1-7-12-31-23-17(4)13-20(14-18(23)5)19(6)32-25(28-27)29(15-16(2)3)24(30)21-10-8-9-11-22(21)26/h7-11,13-14,16H,1,6,12,15,27H2,2-5H3/b28-25-. The molecule has 170 valence electrons. The van der Waals surface area contributed by atoms with Crippen LogP contribution in [0.4, 0.5) is 0 Å². The number of benzene rings is 2. The van der Waals surface area contributed by atoms with Crippen molar-refractivity contribution in [2.75, 3.05) is 13.2 Å². The van der Waals surface area contributed by atoms with Crippen molar-refractivity contribution in [1.29, 1.82) is 0 Å². The summed E-state index contributed by atoms with van der Waals surface area (Å²) < 4.78 is 5.76. The van der Waals surface area contributed by atoms with Gasteiger partial charge >= 0.3 is 0 Å². The van der Waals surface area contributed by atoms with Gasteiger partial charge in [-0.3, -0.25) is 9.69 Å². The fraction of sp³-hybridized carbons (Fsp3) is 0.280. The van der Waals surface area contributed by atoms with E-state index in [2.05, 4.69) is 18.3 Å². The normalized spacial score (nSPS) is 11.4. The van der Waals surface area contributed by atoms with Gasteiger partial charge in [-0.15, -0.1) is 0 Å². The lowest BCUT2D eigenvalue weighted by molar-refractivity contribution is 0.0839. The molecule has 5 nitrogen and oxygen atoms in total. The van der Waals surface area contributed by atoms with Crippen LogP contribution in [0.5, 0.6) is 5.75 Å². The maximum atomic E-state index is 13.3. The summed E-state index contributed by atoms with van der Waals surface area (Å²) in [5, 5.41) is 4.67. The Kier molecular flexibility index (Phi) is 9.42.